The molecule has 1 fully saturated rings. The maximum Gasteiger partial charge on any atom is 0.265 e. The lowest BCUT2D eigenvalue weighted by Crippen LogP contribution is -2.52. The molecule has 0 radical (unpaired) electrons. The third-order valence-corrected chi connectivity index (χ3v) is 10.8. The summed E-state index contributed by atoms with van der Waals surface area (Å²) in [6.45, 7) is 6.16. The second kappa shape index (κ2) is 14.1. The van der Waals surface area contributed by atoms with Gasteiger partial charge in [-0.25, -0.2) is 9.97 Å². The molecule has 1 saturated heterocycles. The molecular formula is C41H40ClN7O4. The summed E-state index contributed by atoms with van der Waals surface area (Å²) in [6, 6.07) is 22.4. The summed E-state index contributed by atoms with van der Waals surface area (Å²) in [7, 11) is 3.80. The fourth-order valence-electron chi connectivity index (χ4n) is 7.56. The number of aryl methyl sites for hydroxylation is 1. The first-order chi connectivity index (χ1) is 25.7. The molecule has 6 aromatic rings. The summed E-state index contributed by atoms with van der Waals surface area (Å²) in [5, 5.41) is 11.4. The molecule has 1 N–H and O–H groups in total. The van der Waals surface area contributed by atoms with E-state index in [2.05, 4.69) is 33.1 Å². The number of nitrogens with zero attached hydrogens (tertiary/aromatic N) is 7. The van der Waals surface area contributed by atoms with Gasteiger partial charge in [-0.15, -0.1) is 0 Å². The lowest BCUT2D eigenvalue weighted by Gasteiger charge is -2.40. The van der Waals surface area contributed by atoms with E-state index in [-0.39, 0.29) is 23.6 Å². The lowest BCUT2D eigenvalue weighted by atomic mass is 9.92. The number of hydrogen-bond acceptors (Lipinski definition) is 7. The van der Waals surface area contributed by atoms with Gasteiger partial charge in [-0.1, -0.05) is 35.9 Å². The Kier molecular flexibility index (Phi) is 9.23. The number of carbonyl (C=O) groups excluding carboxylic acids is 2. The van der Waals surface area contributed by atoms with E-state index in [9.17, 15) is 14.7 Å². The van der Waals surface area contributed by atoms with E-state index in [0.29, 0.717) is 64.4 Å². The molecule has 2 aromatic carbocycles. The normalized spacial score (nSPS) is 16.2. The number of anilines is 2. The van der Waals surface area contributed by atoms with E-state index >= 15 is 0 Å². The van der Waals surface area contributed by atoms with Crippen LogP contribution in [0.3, 0.4) is 0 Å². The second-order valence-corrected chi connectivity index (χ2v) is 14.2. The number of aromatic hydroxyl groups is 1. The number of amides is 2. The summed E-state index contributed by atoms with van der Waals surface area (Å²) in [6.07, 6.45) is 5.63. The quantitative estimate of drug-likeness (QED) is 0.199. The second-order valence-electron chi connectivity index (χ2n) is 13.8. The molecule has 53 heavy (non-hydrogen) atoms. The molecule has 0 saturated carbocycles. The van der Waals surface area contributed by atoms with Crippen LogP contribution in [0.4, 0.5) is 11.5 Å². The molecule has 2 aliphatic heterocycles. The largest absolute Gasteiger partial charge is 0.506 e. The molecular weight excluding hydrogens is 690 g/mol. The van der Waals surface area contributed by atoms with Crippen molar-refractivity contribution in [1.29, 1.82) is 0 Å². The van der Waals surface area contributed by atoms with Gasteiger partial charge >= 0.3 is 0 Å². The van der Waals surface area contributed by atoms with Crippen LogP contribution < -0.4 is 4.90 Å². The van der Waals surface area contributed by atoms with Gasteiger partial charge in [-0.3, -0.25) is 19.4 Å². The molecule has 4 aromatic heterocycles. The minimum atomic E-state index is -0.340. The number of carbonyl (C=O) groups is 2. The molecule has 11 nitrogen and oxygen atoms in total. The zero-order chi connectivity index (χ0) is 36.8. The van der Waals surface area contributed by atoms with Crippen molar-refractivity contribution < 1.29 is 19.4 Å². The Morgan fingerprint density at radius 2 is 1.74 bits per heavy atom. The van der Waals surface area contributed by atoms with Gasteiger partial charge in [-0.05, 0) is 73.0 Å². The van der Waals surface area contributed by atoms with Gasteiger partial charge in [0.1, 0.15) is 17.2 Å². The standard InChI is InChI=1S/C41H40ClN7O4/c1-26-35(41(52)49(38-11-9-33(50)23-43-38)31-19-28-12-13-45(2)39(28)44-22-31)21-37(46(26)3)36-20-30(42)8-10-34(36)40(51)48-24-29-7-5-4-6-27(29)18-32(48)25-47-14-16-53-17-15-47/h4-13,19-23,32,50H,14-18,24-25H2,1-3H3/t32-/m0/s1. The molecule has 2 aliphatic rings. The van der Waals surface area contributed by atoms with Crippen molar-refractivity contribution >= 4 is 46.0 Å². The summed E-state index contributed by atoms with van der Waals surface area (Å²) in [4.78, 5) is 44.5. The van der Waals surface area contributed by atoms with Crippen LogP contribution in [0.25, 0.3) is 22.3 Å². The van der Waals surface area contributed by atoms with Crippen molar-refractivity contribution in [2.24, 2.45) is 14.1 Å². The van der Waals surface area contributed by atoms with Crippen LogP contribution in [0, 0.1) is 6.92 Å². The average Bonchev–Trinajstić information content (AvgIpc) is 3.69. The van der Waals surface area contributed by atoms with Crippen molar-refractivity contribution in [3.8, 4) is 17.0 Å². The number of morpholine rings is 1. The highest BCUT2D eigenvalue weighted by Crippen LogP contribution is 2.36. The van der Waals surface area contributed by atoms with Gasteiger partial charge in [0.25, 0.3) is 11.8 Å². The average molecular weight is 730 g/mol. The molecule has 2 amide bonds. The van der Waals surface area contributed by atoms with E-state index in [0.717, 1.165) is 42.7 Å². The summed E-state index contributed by atoms with van der Waals surface area (Å²) < 4.78 is 9.45. The first-order valence-corrected chi connectivity index (χ1v) is 18.1. The third-order valence-electron chi connectivity index (χ3n) is 10.6. The highest BCUT2D eigenvalue weighted by molar-refractivity contribution is 6.31. The van der Waals surface area contributed by atoms with Crippen molar-refractivity contribution in [3.05, 3.63) is 124 Å². The predicted molar refractivity (Wildman–Crippen MR) is 205 cm³/mol. The molecule has 0 aliphatic carbocycles. The van der Waals surface area contributed by atoms with Gasteiger partial charge in [0.15, 0.2) is 0 Å². The molecule has 270 valence electrons. The zero-order valence-electron chi connectivity index (χ0n) is 29.9. The van der Waals surface area contributed by atoms with Crippen LogP contribution in [0.2, 0.25) is 5.02 Å². The number of fused-ring (bicyclic) bond motifs is 2. The van der Waals surface area contributed by atoms with Crippen molar-refractivity contribution in [2.75, 3.05) is 37.7 Å². The van der Waals surface area contributed by atoms with Gasteiger partial charge in [0.2, 0.25) is 0 Å². The minimum Gasteiger partial charge on any atom is -0.506 e. The number of halogens is 1. The van der Waals surface area contributed by atoms with Crippen LogP contribution in [0.15, 0.2) is 91.4 Å². The first kappa shape index (κ1) is 34.6. The van der Waals surface area contributed by atoms with Crippen molar-refractivity contribution in [3.63, 3.8) is 0 Å². The Hall–Kier alpha value is -5.49. The Balaban J connectivity index is 1.18. The minimum absolute atomic E-state index is 0.0153. The summed E-state index contributed by atoms with van der Waals surface area (Å²) in [5.74, 6) is -0.121. The maximum atomic E-state index is 14.8. The number of ether oxygens (including phenoxy) is 1. The Bertz CT molecular complexity index is 2340. The fourth-order valence-corrected chi connectivity index (χ4v) is 7.74. The molecule has 0 bridgehead atoms. The van der Waals surface area contributed by atoms with Crippen LogP contribution in [0.5, 0.6) is 5.75 Å². The lowest BCUT2D eigenvalue weighted by molar-refractivity contribution is 0.0193. The van der Waals surface area contributed by atoms with Gasteiger partial charge in [0.05, 0.1) is 36.9 Å². The van der Waals surface area contributed by atoms with E-state index < -0.39 is 0 Å². The van der Waals surface area contributed by atoms with Crippen LogP contribution >= 0.6 is 11.6 Å². The predicted octanol–water partition coefficient (Wildman–Crippen LogP) is 6.52. The first-order valence-electron chi connectivity index (χ1n) is 17.7. The SMILES string of the molecule is Cc1c(C(=O)N(c2cnc3c(ccn3C)c2)c2ccc(O)cn2)cc(-c2cc(Cl)ccc2C(=O)N2Cc3ccccc3C[C@H]2CN2CCOCC2)n1C. The fraction of sp³-hybridized carbons (Fsp3) is 0.268. The Morgan fingerprint density at radius 3 is 2.51 bits per heavy atom. The number of aromatic nitrogens is 4. The number of hydrogen-bond donors (Lipinski definition) is 1. The zero-order valence-corrected chi connectivity index (χ0v) is 30.6. The molecule has 0 spiro atoms. The highest BCUT2D eigenvalue weighted by atomic mass is 35.5. The van der Waals surface area contributed by atoms with Crippen molar-refractivity contribution in [2.45, 2.75) is 25.9 Å². The van der Waals surface area contributed by atoms with Crippen molar-refractivity contribution in [1.82, 2.24) is 28.9 Å². The number of pyridine rings is 2. The van der Waals surface area contributed by atoms with Crippen LogP contribution in [-0.2, 0) is 31.8 Å². The summed E-state index contributed by atoms with van der Waals surface area (Å²) >= 11 is 6.65. The number of rotatable bonds is 7. The molecule has 12 heteroatoms. The highest BCUT2D eigenvalue weighted by Gasteiger charge is 2.34. The number of benzene rings is 2. The smallest absolute Gasteiger partial charge is 0.265 e. The Morgan fingerprint density at radius 1 is 0.943 bits per heavy atom. The van der Waals surface area contributed by atoms with Gasteiger partial charge < -0.3 is 23.9 Å². The van der Waals surface area contributed by atoms with Crippen LogP contribution in [-0.4, -0.2) is 84.7 Å². The van der Waals surface area contributed by atoms with E-state index in [1.807, 2.05) is 65.5 Å². The molecule has 0 unspecified atom stereocenters. The Labute approximate surface area is 312 Å². The van der Waals surface area contributed by atoms with E-state index in [1.165, 1.54) is 22.7 Å². The molecule has 1 atom stereocenters. The molecule has 8 rings (SSSR count). The van der Waals surface area contributed by atoms with Crippen LogP contribution in [0.1, 0.15) is 37.5 Å². The maximum absolute atomic E-state index is 14.8. The topological polar surface area (TPSA) is 109 Å². The third kappa shape index (κ3) is 6.56. The van der Waals surface area contributed by atoms with Gasteiger partial charge in [-0.2, -0.15) is 0 Å². The van der Waals surface area contributed by atoms with Gasteiger partial charge in [0, 0.05) is 85.4 Å². The monoisotopic (exact) mass is 729 g/mol. The molecule has 6 heterocycles. The summed E-state index contributed by atoms with van der Waals surface area (Å²) in [5.41, 5.74) is 6.64. The van der Waals surface area contributed by atoms with E-state index in [1.54, 1.807) is 30.5 Å². The van der Waals surface area contributed by atoms with E-state index in [4.69, 9.17) is 16.3 Å².